The molecule has 1 aromatic rings. The molecule has 0 saturated heterocycles. The fourth-order valence-corrected chi connectivity index (χ4v) is 1.00. The van der Waals surface area contributed by atoms with E-state index in [0.29, 0.717) is 6.29 Å². The normalized spacial score (nSPS) is 11.4. The Balaban J connectivity index is 3.22. The lowest BCUT2D eigenvalue weighted by atomic mass is 10.2. The fraction of sp³-hybridized carbons (Fsp3) is 0.286. The van der Waals surface area contributed by atoms with Crippen molar-refractivity contribution in [1.82, 2.24) is 9.97 Å². The van der Waals surface area contributed by atoms with Crippen molar-refractivity contribution < 1.29 is 18.0 Å². The van der Waals surface area contributed by atoms with Crippen molar-refractivity contribution in [2.24, 2.45) is 0 Å². The van der Waals surface area contributed by atoms with Gasteiger partial charge in [-0.2, -0.15) is 13.2 Å². The fourth-order valence-electron chi connectivity index (χ4n) is 0.870. The molecule has 76 valence electrons. The van der Waals surface area contributed by atoms with Crippen molar-refractivity contribution in [3.05, 3.63) is 22.7 Å². The van der Waals surface area contributed by atoms with Crippen LogP contribution >= 0.6 is 11.6 Å². The van der Waals surface area contributed by atoms with Gasteiger partial charge in [0.1, 0.15) is 6.29 Å². The lowest BCUT2D eigenvalue weighted by Gasteiger charge is -2.08. The van der Waals surface area contributed by atoms with Gasteiger partial charge in [-0.3, -0.25) is 0 Å². The minimum absolute atomic E-state index is 0.281. The average Bonchev–Trinajstić information content (AvgIpc) is 2.07. The molecule has 1 heterocycles. The highest BCUT2D eigenvalue weighted by Gasteiger charge is 2.35. The van der Waals surface area contributed by atoms with Crippen LogP contribution in [0.4, 0.5) is 13.2 Å². The van der Waals surface area contributed by atoms with Crippen LogP contribution in [0, 0.1) is 0 Å². The topological polar surface area (TPSA) is 42.9 Å². The maximum Gasteiger partial charge on any atom is 0.433 e. The summed E-state index contributed by atoms with van der Waals surface area (Å²) in [6.45, 7) is 0. The molecule has 0 aliphatic carbocycles. The molecule has 0 aromatic carbocycles. The zero-order chi connectivity index (χ0) is 10.8. The van der Waals surface area contributed by atoms with E-state index in [1.165, 1.54) is 0 Å². The predicted molar refractivity (Wildman–Crippen MR) is 41.8 cm³/mol. The summed E-state index contributed by atoms with van der Waals surface area (Å²) in [5.74, 6) is 0. The summed E-state index contributed by atoms with van der Waals surface area (Å²) in [6.07, 6.45) is -3.76. The zero-order valence-electron chi connectivity index (χ0n) is 6.68. The zero-order valence-corrected chi connectivity index (χ0v) is 7.43. The molecule has 0 aliphatic rings. The lowest BCUT2D eigenvalue weighted by molar-refractivity contribution is -0.141. The highest BCUT2D eigenvalue weighted by atomic mass is 35.5. The number of carbonyl (C=O) groups excluding carboxylic acids is 1. The van der Waals surface area contributed by atoms with E-state index < -0.39 is 17.2 Å². The second kappa shape index (κ2) is 3.91. The van der Waals surface area contributed by atoms with Gasteiger partial charge in [0, 0.05) is 18.2 Å². The predicted octanol–water partition coefficient (Wildman–Crippen LogP) is 1.89. The van der Waals surface area contributed by atoms with Crippen LogP contribution in [0.5, 0.6) is 0 Å². The molecule has 0 saturated carbocycles. The van der Waals surface area contributed by atoms with Gasteiger partial charge in [0.15, 0.2) is 5.69 Å². The van der Waals surface area contributed by atoms with Crippen LogP contribution < -0.4 is 0 Å². The number of alkyl halides is 3. The minimum Gasteiger partial charge on any atom is -0.303 e. The van der Waals surface area contributed by atoms with Gasteiger partial charge in [-0.1, -0.05) is 0 Å². The lowest BCUT2D eigenvalue weighted by Crippen LogP contribution is -2.13. The molecule has 0 spiro atoms. The molecule has 0 atom stereocenters. The summed E-state index contributed by atoms with van der Waals surface area (Å²) in [5, 5.41) is -0.494. The van der Waals surface area contributed by atoms with Crippen molar-refractivity contribution in [3.8, 4) is 0 Å². The number of aldehydes is 1. The summed E-state index contributed by atoms with van der Waals surface area (Å²) in [6, 6.07) is 0. The molecule has 0 aliphatic heterocycles. The number of hydrogen-bond acceptors (Lipinski definition) is 3. The Labute approximate surface area is 81.9 Å². The van der Waals surface area contributed by atoms with E-state index in [4.69, 9.17) is 11.6 Å². The van der Waals surface area contributed by atoms with Crippen LogP contribution in [0.25, 0.3) is 0 Å². The monoisotopic (exact) mass is 224 g/mol. The third-order valence-electron chi connectivity index (χ3n) is 1.41. The van der Waals surface area contributed by atoms with Crippen molar-refractivity contribution >= 4 is 17.9 Å². The molecule has 7 heteroatoms. The van der Waals surface area contributed by atoms with E-state index in [1.54, 1.807) is 0 Å². The second-order valence-electron chi connectivity index (χ2n) is 2.38. The number of carbonyl (C=O) groups is 1. The smallest absolute Gasteiger partial charge is 0.303 e. The summed E-state index contributed by atoms with van der Waals surface area (Å²) in [5.41, 5.74) is -1.44. The second-order valence-corrected chi connectivity index (χ2v) is 2.72. The Kier molecular flexibility index (Phi) is 3.05. The Morgan fingerprint density at radius 3 is 2.64 bits per heavy atom. The number of rotatable bonds is 2. The number of hydrogen-bond donors (Lipinski definition) is 0. The summed E-state index contributed by atoms with van der Waals surface area (Å²) >= 11 is 5.21. The average molecular weight is 225 g/mol. The number of halogens is 4. The third-order valence-corrected chi connectivity index (χ3v) is 1.59. The molecule has 0 radical (unpaired) electrons. The van der Waals surface area contributed by atoms with Crippen molar-refractivity contribution in [2.75, 3.05) is 0 Å². The van der Waals surface area contributed by atoms with E-state index >= 15 is 0 Å². The van der Waals surface area contributed by atoms with Gasteiger partial charge < -0.3 is 4.79 Å². The minimum atomic E-state index is -4.62. The Morgan fingerprint density at radius 2 is 2.14 bits per heavy atom. The highest BCUT2D eigenvalue weighted by molar-refractivity contribution is 6.28. The first-order valence-electron chi connectivity index (χ1n) is 3.47. The van der Waals surface area contributed by atoms with Crippen LogP contribution in [-0.2, 0) is 17.4 Å². The van der Waals surface area contributed by atoms with Gasteiger partial charge in [0.05, 0.1) is 0 Å². The van der Waals surface area contributed by atoms with Crippen LogP contribution in [0.2, 0.25) is 5.28 Å². The van der Waals surface area contributed by atoms with Crippen LogP contribution in [-0.4, -0.2) is 16.3 Å². The molecule has 1 rings (SSSR count). The highest BCUT2D eigenvalue weighted by Crippen LogP contribution is 2.30. The largest absolute Gasteiger partial charge is 0.433 e. The molecule has 0 fully saturated rings. The molecule has 1 aromatic heterocycles. The van der Waals surface area contributed by atoms with Gasteiger partial charge in [-0.15, -0.1) is 0 Å². The quantitative estimate of drug-likeness (QED) is 0.569. The summed E-state index contributed by atoms with van der Waals surface area (Å²) in [4.78, 5) is 16.5. The van der Waals surface area contributed by atoms with E-state index in [1.807, 2.05) is 0 Å². The molecule has 0 bridgehead atoms. The first kappa shape index (κ1) is 10.9. The Hall–Kier alpha value is -1.17. The molecule has 0 amide bonds. The van der Waals surface area contributed by atoms with Crippen LogP contribution in [0.3, 0.4) is 0 Å². The molecule has 0 N–H and O–H groups in total. The molecule has 14 heavy (non-hydrogen) atoms. The maximum atomic E-state index is 12.3. The van der Waals surface area contributed by atoms with Crippen molar-refractivity contribution in [2.45, 2.75) is 12.6 Å². The Bertz CT molecular complexity index is 353. The van der Waals surface area contributed by atoms with E-state index in [0.717, 1.165) is 6.20 Å². The van der Waals surface area contributed by atoms with Gasteiger partial charge in [-0.05, 0) is 11.6 Å². The van der Waals surface area contributed by atoms with Gasteiger partial charge in [-0.25, -0.2) is 9.97 Å². The Morgan fingerprint density at radius 1 is 1.50 bits per heavy atom. The van der Waals surface area contributed by atoms with Gasteiger partial charge in [0.2, 0.25) is 5.28 Å². The van der Waals surface area contributed by atoms with E-state index in [-0.39, 0.29) is 12.0 Å². The molecular weight excluding hydrogens is 221 g/mol. The van der Waals surface area contributed by atoms with Crippen molar-refractivity contribution in [3.63, 3.8) is 0 Å². The summed E-state index contributed by atoms with van der Waals surface area (Å²) in [7, 11) is 0. The van der Waals surface area contributed by atoms with Crippen LogP contribution in [0.1, 0.15) is 11.3 Å². The molecule has 3 nitrogen and oxygen atoms in total. The van der Waals surface area contributed by atoms with Crippen molar-refractivity contribution in [1.29, 1.82) is 0 Å². The van der Waals surface area contributed by atoms with E-state index in [2.05, 4.69) is 9.97 Å². The van der Waals surface area contributed by atoms with Crippen LogP contribution in [0.15, 0.2) is 6.20 Å². The first-order valence-corrected chi connectivity index (χ1v) is 3.85. The number of aromatic nitrogens is 2. The standard InChI is InChI=1S/C7H4ClF3N2O/c8-6-12-3-4(1-2-14)5(13-6)7(9,10)11/h2-3H,1H2. The van der Waals surface area contributed by atoms with Gasteiger partial charge >= 0.3 is 6.18 Å². The summed E-state index contributed by atoms with van der Waals surface area (Å²) < 4.78 is 36.9. The SMILES string of the molecule is O=CCc1cnc(Cl)nc1C(F)(F)F. The molecular formula is C7H4ClF3N2O. The first-order chi connectivity index (χ1) is 6.45. The van der Waals surface area contributed by atoms with Gasteiger partial charge in [0.25, 0.3) is 0 Å². The molecule has 0 unspecified atom stereocenters. The van der Waals surface area contributed by atoms with E-state index in [9.17, 15) is 18.0 Å². The third kappa shape index (κ3) is 2.41. The maximum absolute atomic E-state index is 12.3. The number of nitrogens with zero attached hydrogens (tertiary/aromatic N) is 2.